The van der Waals surface area contributed by atoms with Crippen molar-refractivity contribution in [3.05, 3.63) is 81.2 Å². The number of nitrogens with zero attached hydrogens (tertiary/aromatic N) is 1. The minimum Gasteiger partial charge on any atom is -0.364 e. The van der Waals surface area contributed by atoms with Crippen LogP contribution in [0.2, 0.25) is 5.02 Å². The van der Waals surface area contributed by atoms with E-state index in [1.807, 2.05) is 36.4 Å². The molecule has 1 aliphatic rings. The Morgan fingerprint density at radius 2 is 1.93 bits per heavy atom. The Labute approximate surface area is 168 Å². The highest BCUT2D eigenvalue weighted by Crippen LogP contribution is 2.41. The predicted molar refractivity (Wildman–Crippen MR) is 109 cm³/mol. The van der Waals surface area contributed by atoms with Crippen molar-refractivity contribution in [1.29, 1.82) is 0 Å². The molecule has 1 aromatic heterocycles. The van der Waals surface area contributed by atoms with Gasteiger partial charge in [-0.3, -0.25) is 4.79 Å². The number of ketones is 1. The molecule has 0 aliphatic heterocycles. The second-order valence-electron chi connectivity index (χ2n) is 6.94. The van der Waals surface area contributed by atoms with Crippen LogP contribution >= 0.6 is 23.4 Å². The number of hydrogen-bond donors (Lipinski definition) is 0. The van der Waals surface area contributed by atoms with Crippen LogP contribution in [0.15, 0.2) is 52.1 Å². The molecule has 0 radical (unpaired) electrons. The molecule has 0 saturated heterocycles. The summed E-state index contributed by atoms with van der Waals surface area (Å²) in [7, 11) is 0. The zero-order valence-electron chi connectivity index (χ0n) is 15.3. The number of rotatable bonds is 6. The van der Waals surface area contributed by atoms with Crippen LogP contribution in [0.4, 0.5) is 0 Å². The highest BCUT2D eigenvalue weighted by molar-refractivity contribution is 7.98. The second-order valence-corrected chi connectivity index (χ2v) is 8.22. The van der Waals surface area contributed by atoms with Crippen LogP contribution in [-0.4, -0.2) is 17.2 Å². The first-order valence-electron chi connectivity index (χ1n) is 8.98. The SMILES string of the molecule is CSc1ccc(C(=O)c2conc2C2CC2)c(Cc2ccc(Cl)cc2)c1C. The van der Waals surface area contributed by atoms with Gasteiger partial charge in [-0.2, -0.15) is 0 Å². The maximum Gasteiger partial charge on any atom is 0.198 e. The molecule has 1 heterocycles. The zero-order valence-corrected chi connectivity index (χ0v) is 16.9. The van der Waals surface area contributed by atoms with Crippen molar-refractivity contribution in [2.24, 2.45) is 0 Å². The van der Waals surface area contributed by atoms with E-state index in [0.717, 1.165) is 40.8 Å². The van der Waals surface area contributed by atoms with Gasteiger partial charge in [0.05, 0.1) is 11.3 Å². The van der Waals surface area contributed by atoms with E-state index in [1.54, 1.807) is 11.8 Å². The Balaban J connectivity index is 1.77. The molecule has 1 saturated carbocycles. The molecule has 0 unspecified atom stereocenters. The van der Waals surface area contributed by atoms with Gasteiger partial charge in [0.2, 0.25) is 0 Å². The molecule has 1 aliphatic carbocycles. The molecule has 1 fully saturated rings. The Morgan fingerprint density at radius 3 is 2.59 bits per heavy atom. The lowest BCUT2D eigenvalue weighted by atomic mass is 9.90. The topological polar surface area (TPSA) is 43.1 Å². The van der Waals surface area contributed by atoms with Gasteiger partial charge in [-0.15, -0.1) is 11.8 Å². The number of thioether (sulfide) groups is 1. The Morgan fingerprint density at radius 1 is 1.19 bits per heavy atom. The summed E-state index contributed by atoms with van der Waals surface area (Å²) in [6.07, 6.45) is 6.40. The van der Waals surface area contributed by atoms with Crippen molar-refractivity contribution in [2.45, 2.75) is 37.0 Å². The fourth-order valence-electron chi connectivity index (χ4n) is 3.41. The van der Waals surface area contributed by atoms with Gasteiger partial charge in [0.1, 0.15) is 6.26 Å². The molecule has 0 spiro atoms. The monoisotopic (exact) mass is 397 g/mol. The summed E-state index contributed by atoms with van der Waals surface area (Å²) in [5, 5.41) is 4.80. The van der Waals surface area contributed by atoms with Gasteiger partial charge < -0.3 is 4.52 Å². The van der Waals surface area contributed by atoms with Crippen LogP contribution < -0.4 is 0 Å². The average molecular weight is 398 g/mol. The van der Waals surface area contributed by atoms with Gasteiger partial charge >= 0.3 is 0 Å². The van der Waals surface area contributed by atoms with Gasteiger partial charge in [0.25, 0.3) is 0 Å². The first kappa shape index (κ1) is 18.3. The van der Waals surface area contributed by atoms with Crippen LogP contribution in [0.25, 0.3) is 0 Å². The molecule has 0 N–H and O–H groups in total. The molecule has 0 amide bonds. The first-order valence-corrected chi connectivity index (χ1v) is 10.6. The molecule has 138 valence electrons. The van der Waals surface area contributed by atoms with E-state index < -0.39 is 0 Å². The number of benzene rings is 2. The summed E-state index contributed by atoms with van der Waals surface area (Å²) in [6, 6.07) is 11.8. The van der Waals surface area contributed by atoms with Crippen molar-refractivity contribution in [3.63, 3.8) is 0 Å². The van der Waals surface area contributed by atoms with E-state index in [-0.39, 0.29) is 5.78 Å². The largest absolute Gasteiger partial charge is 0.364 e. The van der Waals surface area contributed by atoms with Crippen molar-refractivity contribution in [3.8, 4) is 0 Å². The maximum absolute atomic E-state index is 13.3. The van der Waals surface area contributed by atoms with Crippen molar-refractivity contribution < 1.29 is 9.32 Å². The standard InChI is InChI=1S/C22H20ClNO2S/c1-13-18(11-14-3-7-16(23)8-4-14)17(9-10-20(13)27-2)22(25)19-12-26-24-21(19)15-5-6-15/h3-4,7-10,12,15H,5-6,11H2,1-2H3. The summed E-state index contributed by atoms with van der Waals surface area (Å²) >= 11 is 7.72. The average Bonchev–Trinajstić information content (AvgIpc) is 3.41. The molecule has 3 aromatic rings. The fraction of sp³-hybridized carbons (Fsp3) is 0.273. The zero-order chi connectivity index (χ0) is 19.0. The van der Waals surface area contributed by atoms with Gasteiger partial charge in [0.15, 0.2) is 5.78 Å². The van der Waals surface area contributed by atoms with Crippen LogP contribution in [0.3, 0.4) is 0 Å². The third-order valence-corrected chi connectivity index (χ3v) is 6.25. The quantitative estimate of drug-likeness (QED) is 0.374. The number of carbonyl (C=O) groups is 1. The summed E-state index contributed by atoms with van der Waals surface area (Å²) < 4.78 is 5.15. The normalized spacial score (nSPS) is 13.7. The van der Waals surface area contributed by atoms with Crippen LogP contribution in [0, 0.1) is 6.92 Å². The van der Waals surface area contributed by atoms with Gasteiger partial charge in [-0.1, -0.05) is 28.9 Å². The lowest BCUT2D eigenvalue weighted by Gasteiger charge is -2.15. The number of halogens is 1. The van der Waals surface area contributed by atoms with E-state index in [1.165, 1.54) is 11.2 Å². The minimum absolute atomic E-state index is 0.00198. The van der Waals surface area contributed by atoms with Crippen LogP contribution in [-0.2, 0) is 6.42 Å². The predicted octanol–water partition coefficient (Wildman–Crippen LogP) is 6.06. The third kappa shape index (κ3) is 3.69. The lowest BCUT2D eigenvalue weighted by Crippen LogP contribution is -2.09. The fourth-order valence-corrected chi connectivity index (χ4v) is 4.17. The van der Waals surface area contributed by atoms with Crippen molar-refractivity contribution >= 4 is 29.1 Å². The third-order valence-electron chi connectivity index (χ3n) is 5.11. The number of aromatic nitrogens is 1. The first-order chi connectivity index (χ1) is 13.1. The van der Waals surface area contributed by atoms with Gasteiger partial charge in [-0.25, -0.2) is 0 Å². The highest BCUT2D eigenvalue weighted by Gasteiger charge is 2.32. The summed E-state index contributed by atoms with van der Waals surface area (Å²) in [5.41, 5.74) is 5.47. The van der Waals surface area contributed by atoms with E-state index in [4.69, 9.17) is 16.1 Å². The van der Waals surface area contributed by atoms with Crippen molar-refractivity contribution in [1.82, 2.24) is 5.16 Å². The summed E-state index contributed by atoms with van der Waals surface area (Å²) in [4.78, 5) is 14.5. The van der Waals surface area contributed by atoms with Gasteiger partial charge in [0, 0.05) is 21.4 Å². The Bertz CT molecular complexity index is 990. The van der Waals surface area contributed by atoms with E-state index in [2.05, 4.69) is 18.3 Å². The van der Waals surface area contributed by atoms with Crippen molar-refractivity contribution in [2.75, 3.05) is 6.26 Å². The summed E-state index contributed by atoms with van der Waals surface area (Å²) in [6.45, 7) is 2.09. The van der Waals surface area contributed by atoms with E-state index >= 15 is 0 Å². The second kappa shape index (κ2) is 7.53. The molecular formula is C22H20ClNO2S. The number of hydrogen-bond acceptors (Lipinski definition) is 4. The smallest absolute Gasteiger partial charge is 0.198 e. The molecular weight excluding hydrogens is 378 g/mol. The van der Waals surface area contributed by atoms with E-state index in [9.17, 15) is 4.79 Å². The van der Waals surface area contributed by atoms with Crippen LogP contribution in [0.5, 0.6) is 0 Å². The van der Waals surface area contributed by atoms with E-state index in [0.29, 0.717) is 22.9 Å². The van der Waals surface area contributed by atoms with Crippen LogP contribution in [0.1, 0.15) is 57.1 Å². The molecule has 0 atom stereocenters. The molecule has 4 rings (SSSR count). The molecule has 2 aromatic carbocycles. The lowest BCUT2D eigenvalue weighted by molar-refractivity contribution is 0.103. The molecule has 3 nitrogen and oxygen atoms in total. The van der Waals surface area contributed by atoms with Gasteiger partial charge in [-0.05, 0) is 73.4 Å². The summed E-state index contributed by atoms with van der Waals surface area (Å²) in [5.74, 6) is 0.367. The maximum atomic E-state index is 13.3. The minimum atomic E-state index is -0.00198. The molecule has 5 heteroatoms. The molecule has 0 bridgehead atoms. The number of carbonyl (C=O) groups excluding carboxylic acids is 1. The Kier molecular flexibility index (Phi) is 5.11. The molecule has 27 heavy (non-hydrogen) atoms. The highest BCUT2D eigenvalue weighted by atomic mass is 35.5. The Hall–Kier alpha value is -2.04.